The number of amides is 1. The fourth-order valence-electron chi connectivity index (χ4n) is 1.98. The van der Waals surface area contributed by atoms with Gasteiger partial charge in [-0.25, -0.2) is 0 Å². The van der Waals surface area contributed by atoms with Gasteiger partial charge in [0.05, 0.1) is 16.5 Å². The van der Waals surface area contributed by atoms with E-state index in [0.717, 1.165) is 4.47 Å². The number of nitrogens with zero attached hydrogens (tertiary/aromatic N) is 1. The largest absolute Gasteiger partial charge is 0.481 e. The summed E-state index contributed by atoms with van der Waals surface area (Å²) in [6, 6.07) is 5.05. The molecule has 0 bridgehead atoms. The lowest BCUT2D eigenvalue weighted by Crippen LogP contribution is -2.30. The van der Waals surface area contributed by atoms with Crippen molar-refractivity contribution in [2.45, 2.75) is 6.42 Å². The first kappa shape index (κ1) is 13.4. The van der Waals surface area contributed by atoms with E-state index in [4.69, 9.17) is 16.7 Å². The minimum Gasteiger partial charge on any atom is -0.481 e. The Hall–Kier alpha value is -1.07. The van der Waals surface area contributed by atoms with Crippen molar-refractivity contribution in [2.75, 3.05) is 13.1 Å². The Morgan fingerprint density at radius 3 is 2.78 bits per heavy atom. The van der Waals surface area contributed by atoms with Crippen molar-refractivity contribution in [3.05, 3.63) is 33.3 Å². The number of carbonyl (C=O) groups is 2. The average Bonchev–Trinajstić information content (AvgIpc) is 2.81. The molecule has 1 saturated heterocycles. The summed E-state index contributed by atoms with van der Waals surface area (Å²) in [5, 5.41) is 9.29. The molecule has 1 amide bonds. The van der Waals surface area contributed by atoms with Gasteiger partial charge < -0.3 is 10.0 Å². The maximum Gasteiger partial charge on any atom is 0.308 e. The van der Waals surface area contributed by atoms with Crippen molar-refractivity contribution < 1.29 is 14.7 Å². The van der Waals surface area contributed by atoms with E-state index in [1.54, 1.807) is 18.2 Å². The van der Waals surface area contributed by atoms with Gasteiger partial charge >= 0.3 is 5.97 Å². The second-order valence-electron chi connectivity index (χ2n) is 4.20. The Morgan fingerprint density at radius 2 is 2.17 bits per heavy atom. The summed E-state index contributed by atoms with van der Waals surface area (Å²) >= 11 is 9.27. The van der Waals surface area contributed by atoms with Crippen LogP contribution in [0.2, 0.25) is 5.02 Å². The Morgan fingerprint density at radius 1 is 1.44 bits per heavy atom. The van der Waals surface area contributed by atoms with Crippen LogP contribution in [0.5, 0.6) is 0 Å². The molecule has 0 aliphatic carbocycles. The number of carboxylic acids is 1. The third-order valence-electron chi connectivity index (χ3n) is 2.98. The summed E-state index contributed by atoms with van der Waals surface area (Å²) in [7, 11) is 0. The predicted molar refractivity (Wildman–Crippen MR) is 70.8 cm³/mol. The number of aliphatic carboxylic acids is 1. The Balaban J connectivity index is 2.17. The van der Waals surface area contributed by atoms with Gasteiger partial charge in [-0.3, -0.25) is 9.59 Å². The molecule has 0 radical (unpaired) electrons. The molecule has 18 heavy (non-hydrogen) atoms. The topological polar surface area (TPSA) is 57.6 Å². The van der Waals surface area contributed by atoms with Gasteiger partial charge in [-0.1, -0.05) is 27.5 Å². The van der Waals surface area contributed by atoms with E-state index >= 15 is 0 Å². The van der Waals surface area contributed by atoms with Gasteiger partial charge in [0.2, 0.25) is 0 Å². The molecule has 1 fully saturated rings. The highest BCUT2D eigenvalue weighted by Crippen LogP contribution is 2.25. The van der Waals surface area contributed by atoms with Gasteiger partial charge in [-0.2, -0.15) is 0 Å². The van der Waals surface area contributed by atoms with E-state index < -0.39 is 11.9 Å². The Labute approximate surface area is 118 Å². The molecule has 1 N–H and O–H groups in total. The van der Waals surface area contributed by atoms with Crippen molar-refractivity contribution in [3.63, 3.8) is 0 Å². The van der Waals surface area contributed by atoms with Crippen LogP contribution in [0, 0.1) is 5.92 Å². The highest BCUT2D eigenvalue weighted by atomic mass is 79.9. The van der Waals surface area contributed by atoms with Crippen LogP contribution in [0.15, 0.2) is 22.7 Å². The van der Waals surface area contributed by atoms with Crippen LogP contribution in [0.1, 0.15) is 16.8 Å². The molecule has 6 heteroatoms. The van der Waals surface area contributed by atoms with Crippen LogP contribution in [-0.4, -0.2) is 35.0 Å². The van der Waals surface area contributed by atoms with Crippen LogP contribution in [0.4, 0.5) is 0 Å². The summed E-state index contributed by atoms with van der Waals surface area (Å²) in [4.78, 5) is 24.6. The molecule has 0 unspecified atom stereocenters. The van der Waals surface area contributed by atoms with E-state index in [0.29, 0.717) is 23.6 Å². The molecule has 0 aromatic heterocycles. The highest BCUT2D eigenvalue weighted by Gasteiger charge is 2.31. The molecule has 2 rings (SSSR count). The van der Waals surface area contributed by atoms with Crippen molar-refractivity contribution >= 4 is 39.4 Å². The highest BCUT2D eigenvalue weighted by molar-refractivity contribution is 9.10. The molecule has 1 aromatic rings. The number of hydrogen-bond acceptors (Lipinski definition) is 2. The summed E-state index contributed by atoms with van der Waals surface area (Å²) in [5.41, 5.74) is 0.400. The first-order chi connectivity index (χ1) is 8.49. The third-order valence-corrected chi connectivity index (χ3v) is 3.81. The lowest BCUT2D eigenvalue weighted by Gasteiger charge is -2.16. The smallest absolute Gasteiger partial charge is 0.308 e. The van der Waals surface area contributed by atoms with E-state index in [-0.39, 0.29) is 12.5 Å². The van der Waals surface area contributed by atoms with E-state index in [1.807, 2.05) is 0 Å². The molecule has 4 nitrogen and oxygen atoms in total. The molecule has 1 aliphatic heterocycles. The third kappa shape index (κ3) is 2.67. The fraction of sp³-hybridized carbons (Fsp3) is 0.333. The van der Waals surface area contributed by atoms with Crippen LogP contribution >= 0.6 is 27.5 Å². The molecule has 1 aromatic carbocycles. The molecule has 0 spiro atoms. The maximum atomic E-state index is 12.2. The zero-order chi connectivity index (χ0) is 13.3. The zero-order valence-corrected chi connectivity index (χ0v) is 11.7. The molecular formula is C12H11BrClNO3. The van der Waals surface area contributed by atoms with Gasteiger partial charge in [0.1, 0.15) is 0 Å². The first-order valence-electron chi connectivity index (χ1n) is 5.46. The monoisotopic (exact) mass is 331 g/mol. The summed E-state index contributed by atoms with van der Waals surface area (Å²) in [5.74, 6) is -1.55. The SMILES string of the molecule is O=C(O)[C@H]1CCN(C(=O)c2cc(Br)ccc2Cl)C1. The zero-order valence-electron chi connectivity index (χ0n) is 9.40. The number of carbonyl (C=O) groups excluding carboxylic acids is 1. The van der Waals surface area contributed by atoms with E-state index in [2.05, 4.69) is 15.9 Å². The van der Waals surface area contributed by atoms with Crippen molar-refractivity contribution in [1.82, 2.24) is 4.90 Å². The lowest BCUT2D eigenvalue weighted by atomic mass is 10.1. The average molecular weight is 333 g/mol. The standard InChI is InChI=1S/C12H11BrClNO3/c13-8-1-2-10(14)9(5-8)11(16)15-4-3-7(6-15)12(17)18/h1-2,5,7H,3-4,6H2,(H,17,18)/t7-/m0/s1. The van der Waals surface area contributed by atoms with Gasteiger partial charge in [0, 0.05) is 17.6 Å². The molecule has 1 atom stereocenters. The van der Waals surface area contributed by atoms with Crippen molar-refractivity contribution in [3.8, 4) is 0 Å². The number of likely N-dealkylation sites (tertiary alicyclic amines) is 1. The van der Waals surface area contributed by atoms with Crippen LogP contribution in [0.3, 0.4) is 0 Å². The Kier molecular flexibility index (Phi) is 3.92. The molecule has 0 saturated carbocycles. The number of benzene rings is 1. The van der Waals surface area contributed by atoms with Crippen LogP contribution in [0.25, 0.3) is 0 Å². The van der Waals surface area contributed by atoms with Gasteiger partial charge in [-0.15, -0.1) is 0 Å². The number of carboxylic acid groups (broad SMARTS) is 1. The molecule has 1 heterocycles. The quantitative estimate of drug-likeness (QED) is 0.906. The summed E-state index contributed by atoms with van der Waals surface area (Å²) in [6.45, 7) is 0.704. The first-order valence-corrected chi connectivity index (χ1v) is 6.63. The van der Waals surface area contributed by atoms with E-state index in [1.165, 1.54) is 4.90 Å². The Bertz CT molecular complexity index is 506. The molecule has 96 valence electrons. The molecule has 1 aliphatic rings. The summed E-state index contributed by atoms with van der Waals surface area (Å²) in [6.07, 6.45) is 0.493. The van der Waals surface area contributed by atoms with Crippen molar-refractivity contribution in [2.24, 2.45) is 5.92 Å². The van der Waals surface area contributed by atoms with Gasteiger partial charge in [-0.05, 0) is 24.6 Å². The van der Waals surface area contributed by atoms with Gasteiger partial charge in [0.25, 0.3) is 5.91 Å². The predicted octanol–water partition coefficient (Wildman–Crippen LogP) is 2.65. The molecular weight excluding hydrogens is 321 g/mol. The normalized spacial score (nSPS) is 19.0. The van der Waals surface area contributed by atoms with Gasteiger partial charge in [0.15, 0.2) is 0 Å². The van der Waals surface area contributed by atoms with Crippen LogP contribution in [-0.2, 0) is 4.79 Å². The van der Waals surface area contributed by atoms with Crippen molar-refractivity contribution in [1.29, 1.82) is 0 Å². The lowest BCUT2D eigenvalue weighted by molar-refractivity contribution is -0.141. The minimum absolute atomic E-state index is 0.218. The second-order valence-corrected chi connectivity index (χ2v) is 5.52. The van der Waals surface area contributed by atoms with E-state index in [9.17, 15) is 9.59 Å². The fourth-order valence-corrected chi connectivity index (χ4v) is 2.54. The number of hydrogen-bond donors (Lipinski definition) is 1. The minimum atomic E-state index is -0.856. The maximum absolute atomic E-state index is 12.2. The number of rotatable bonds is 2. The second kappa shape index (κ2) is 5.28. The van der Waals surface area contributed by atoms with Crippen LogP contribution < -0.4 is 0 Å². The number of halogens is 2. The summed E-state index contributed by atoms with van der Waals surface area (Å²) < 4.78 is 0.768.